The van der Waals surface area contributed by atoms with Crippen LogP contribution < -0.4 is 10.2 Å². The Hall–Kier alpha value is -2.02. The molecule has 0 heterocycles. The molecule has 0 aliphatic heterocycles. The number of hydrogen-bond donors (Lipinski definition) is 1. The zero-order valence-electron chi connectivity index (χ0n) is 10.7. The SMILES string of the molecule is CCCNC(=O)CN(CCC#N)c1ccccc1. The van der Waals surface area contributed by atoms with Crippen molar-refractivity contribution < 1.29 is 4.79 Å². The molecular formula is C14H19N3O. The van der Waals surface area contributed by atoms with Crippen molar-refractivity contribution in [2.75, 3.05) is 24.5 Å². The number of benzene rings is 1. The zero-order valence-corrected chi connectivity index (χ0v) is 10.7. The van der Waals surface area contributed by atoms with Crippen LogP contribution in [0.25, 0.3) is 0 Å². The van der Waals surface area contributed by atoms with Crippen molar-refractivity contribution >= 4 is 11.6 Å². The Bertz CT molecular complexity index is 397. The van der Waals surface area contributed by atoms with E-state index in [1.165, 1.54) is 0 Å². The van der Waals surface area contributed by atoms with Gasteiger partial charge in [-0.15, -0.1) is 0 Å². The Morgan fingerprint density at radius 1 is 1.39 bits per heavy atom. The van der Waals surface area contributed by atoms with Gasteiger partial charge in [-0.25, -0.2) is 0 Å². The van der Waals surface area contributed by atoms with E-state index in [0.717, 1.165) is 12.1 Å². The summed E-state index contributed by atoms with van der Waals surface area (Å²) in [4.78, 5) is 13.6. The minimum atomic E-state index is -0.00126. The molecule has 4 heteroatoms. The molecule has 0 atom stereocenters. The molecule has 0 saturated carbocycles. The van der Waals surface area contributed by atoms with Crippen molar-refractivity contribution in [2.24, 2.45) is 0 Å². The van der Waals surface area contributed by atoms with Crippen LogP contribution in [0.5, 0.6) is 0 Å². The molecule has 1 amide bonds. The predicted molar refractivity (Wildman–Crippen MR) is 72.2 cm³/mol. The lowest BCUT2D eigenvalue weighted by Gasteiger charge is -2.23. The normalized spacial score (nSPS) is 9.56. The van der Waals surface area contributed by atoms with Crippen molar-refractivity contribution in [1.29, 1.82) is 5.26 Å². The molecule has 0 bridgehead atoms. The summed E-state index contributed by atoms with van der Waals surface area (Å²) < 4.78 is 0. The van der Waals surface area contributed by atoms with Gasteiger partial charge in [0.25, 0.3) is 0 Å². The molecule has 1 aromatic carbocycles. The number of nitriles is 1. The minimum Gasteiger partial charge on any atom is -0.361 e. The first-order valence-electron chi connectivity index (χ1n) is 6.21. The average Bonchev–Trinajstić information content (AvgIpc) is 2.42. The maximum atomic E-state index is 11.7. The molecule has 18 heavy (non-hydrogen) atoms. The third-order valence-corrected chi connectivity index (χ3v) is 2.52. The van der Waals surface area contributed by atoms with E-state index in [1.54, 1.807) is 0 Å². The summed E-state index contributed by atoms with van der Waals surface area (Å²) in [5.41, 5.74) is 0.972. The Morgan fingerprint density at radius 3 is 2.72 bits per heavy atom. The molecule has 0 aliphatic carbocycles. The van der Waals surface area contributed by atoms with Gasteiger partial charge < -0.3 is 10.2 Å². The number of anilines is 1. The second-order valence-corrected chi connectivity index (χ2v) is 4.02. The fourth-order valence-electron chi connectivity index (χ4n) is 1.62. The lowest BCUT2D eigenvalue weighted by Crippen LogP contribution is -2.38. The third kappa shape index (κ3) is 4.88. The molecule has 1 rings (SSSR count). The molecule has 1 N–H and O–H groups in total. The monoisotopic (exact) mass is 245 g/mol. The van der Waals surface area contributed by atoms with Gasteiger partial charge in [0.2, 0.25) is 5.91 Å². The van der Waals surface area contributed by atoms with E-state index in [4.69, 9.17) is 5.26 Å². The smallest absolute Gasteiger partial charge is 0.239 e. The van der Waals surface area contributed by atoms with Gasteiger partial charge in [0.1, 0.15) is 0 Å². The number of para-hydroxylation sites is 1. The van der Waals surface area contributed by atoms with E-state index in [2.05, 4.69) is 11.4 Å². The van der Waals surface area contributed by atoms with Crippen LogP contribution in [0.15, 0.2) is 30.3 Å². The molecule has 0 aliphatic rings. The number of nitrogens with zero attached hydrogens (tertiary/aromatic N) is 2. The van der Waals surface area contributed by atoms with Gasteiger partial charge in [-0.2, -0.15) is 5.26 Å². The molecule has 4 nitrogen and oxygen atoms in total. The molecule has 0 radical (unpaired) electrons. The van der Waals surface area contributed by atoms with Gasteiger partial charge in [-0.05, 0) is 18.6 Å². The molecule has 0 fully saturated rings. The fraction of sp³-hybridized carbons (Fsp3) is 0.429. The van der Waals surface area contributed by atoms with E-state index >= 15 is 0 Å². The summed E-state index contributed by atoms with van der Waals surface area (Å²) in [6, 6.07) is 11.8. The molecular weight excluding hydrogens is 226 g/mol. The molecule has 1 aromatic rings. The van der Waals surface area contributed by atoms with E-state index in [0.29, 0.717) is 26.1 Å². The van der Waals surface area contributed by atoms with E-state index in [1.807, 2.05) is 42.2 Å². The maximum Gasteiger partial charge on any atom is 0.239 e. The van der Waals surface area contributed by atoms with Gasteiger partial charge in [-0.1, -0.05) is 25.1 Å². The average molecular weight is 245 g/mol. The number of amides is 1. The summed E-state index contributed by atoms with van der Waals surface area (Å²) in [7, 11) is 0. The molecule has 0 saturated heterocycles. The highest BCUT2D eigenvalue weighted by atomic mass is 16.2. The summed E-state index contributed by atoms with van der Waals surface area (Å²) in [6.45, 7) is 3.58. The van der Waals surface area contributed by atoms with Gasteiger partial charge in [0.05, 0.1) is 19.0 Å². The van der Waals surface area contributed by atoms with Crippen molar-refractivity contribution in [3.63, 3.8) is 0 Å². The van der Waals surface area contributed by atoms with Crippen LogP contribution in [0.3, 0.4) is 0 Å². The lowest BCUT2D eigenvalue weighted by atomic mass is 10.2. The first-order valence-corrected chi connectivity index (χ1v) is 6.21. The fourth-order valence-corrected chi connectivity index (χ4v) is 1.62. The maximum absolute atomic E-state index is 11.7. The van der Waals surface area contributed by atoms with Crippen molar-refractivity contribution in [1.82, 2.24) is 5.32 Å². The van der Waals surface area contributed by atoms with Gasteiger partial charge >= 0.3 is 0 Å². The Morgan fingerprint density at radius 2 is 2.11 bits per heavy atom. The number of rotatable bonds is 7. The Labute approximate surface area is 108 Å². The van der Waals surface area contributed by atoms with Crippen LogP contribution in [0.1, 0.15) is 19.8 Å². The largest absolute Gasteiger partial charge is 0.361 e. The topological polar surface area (TPSA) is 56.1 Å². The van der Waals surface area contributed by atoms with Crippen molar-refractivity contribution in [3.8, 4) is 6.07 Å². The lowest BCUT2D eigenvalue weighted by molar-refractivity contribution is -0.119. The highest BCUT2D eigenvalue weighted by molar-refractivity contribution is 5.81. The molecule has 0 spiro atoms. The van der Waals surface area contributed by atoms with E-state index in [9.17, 15) is 4.79 Å². The summed E-state index contributed by atoms with van der Waals surface area (Å²) in [5, 5.41) is 11.5. The zero-order chi connectivity index (χ0) is 13.2. The van der Waals surface area contributed by atoms with Crippen molar-refractivity contribution in [2.45, 2.75) is 19.8 Å². The van der Waals surface area contributed by atoms with Gasteiger partial charge in [0.15, 0.2) is 0 Å². The van der Waals surface area contributed by atoms with Crippen LogP contribution in [-0.2, 0) is 4.79 Å². The first-order chi connectivity index (χ1) is 8.77. The Balaban J connectivity index is 2.62. The summed E-state index contributed by atoms with van der Waals surface area (Å²) >= 11 is 0. The van der Waals surface area contributed by atoms with Crippen molar-refractivity contribution in [3.05, 3.63) is 30.3 Å². The van der Waals surface area contributed by atoms with Gasteiger partial charge in [-0.3, -0.25) is 4.79 Å². The molecule has 0 aromatic heterocycles. The highest BCUT2D eigenvalue weighted by Gasteiger charge is 2.10. The summed E-state index contributed by atoms with van der Waals surface area (Å²) in [6.07, 6.45) is 1.34. The minimum absolute atomic E-state index is 0.00126. The number of nitrogens with one attached hydrogen (secondary N) is 1. The second-order valence-electron chi connectivity index (χ2n) is 4.02. The molecule has 96 valence electrons. The number of hydrogen-bond acceptors (Lipinski definition) is 3. The third-order valence-electron chi connectivity index (χ3n) is 2.52. The number of carbonyl (C=O) groups excluding carboxylic acids is 1. The quantitative estimate of drug-likeness (QED) is 0.798. The highest BCUT2D eigenvalue weighted by Crippen LogP contribution is 2.12. The van der Waals surface area contributed by atoms with Crippen LogP contribution >= 0.6 is 0 Å². The predicted octanol–water partition coefficient (Wildman–Crippen LogP) is 1.93. The van der Waals surface area contributed by atoms with E-state index in [-0.39, 0.29) is 5.91 Å². The van der Waals surface area contributed by atoms with Gasteiger partial charge in [0, 0.05) is 18.8 Å². The first kappa shape index (κ1) is 14.0. The second kappa shape index (κ2) is 8.13. The van der Waals surface area contributed by atoms with Crippen LogP contribution in [0.2, 0.25) is 0 Å². The standard InChI is InChI=1S/C14H19N3O/c1-2-10-16-14(18)12-17(11-6-9-15)13-7-4-3-5-8-13/h3-5,7-8H,2,6,10-12H2,1H3,(H,16,18). The summed E-state index contributed by atoms with van der Waals surface area (Å²) in [5.74, 6) is -0.00126. The van der Waals surface area contributed by atoms with Crippen LogP contribution in [0.4, 0.5) is 5.69 Å². The van der Waals surface area contributed by atoms with Crippen LogP contribution in [-0.4, -0.2) is 25.5 Å². The Kier molecular flexibility index (Phi) is 6.34. The molecule has 0 unspecified atom stereocenters. The van der Waals surface area contributed by atoms with Crippen LogP contribution in [0, 0.1) is 11.3 Å². The van der Waals surface area contributed by atoms with E-state index < -0.39 is 0 Å². The number of carbonyl (C=O) groups is 1.